The number of nitro groups is 2. The lowest BCUT2D eigenvalue weighted by atomic mass is 10.1. The summed E-state index contributed by atoms with van der Waals surface area (Å²) in [5, 5.41) is 23.7. The van der Waals surface area contributed by atoms with Crippen LogP contribution >= 0.6 is 0 Å². The van der Waals surface area contributed by atoms with Gasteiger partial charge in [-0.05, 0) is 18.2 Å². The molecule has 0 radical (unpaired) electrons. The van der Waals surface area contributed by atoms with E-state index >= 15 is 0 Å². The molecule has 0 saturated heterocycles. The van der Waals surface area contributed by atoms with Crippen LogP contribution in [-0.2, 0) is 4.79 Å². The number of non-ortho nitro benzene ring substituents is 1. The van der Waals surface area contributed by atoms with Crippen LogP contribution in [-0.4, -0.2) is 15.8 Å². The van der Waals surface area contributed by atoms with E-state index in [1.165, 1.54) is 24.3 Å². The fraction of sp³-hybridized carbons (Fsp3) is 0. The number of para-hydroxylation sites is 1. The number of hydrogen-bond donors (Lipinski definition) is 1. The molecule has 2 aromatic rings. The number of anilines is 1. The van der Waals surface area contributed by atoms with Crippen molar-refractivity contribution < 1.29 is 19.0 Å². The summed E-state index contributed by atoms with van der Waals surface area (Å²) >= 11 is 0. The van der Waals surface area contributed by atoms with Crippen LogP contribution in [0.2, 0.25) is 0 Å². The van der Waals surface area contributed by atoms with E-state index in [2.05, 4.69) is 5.32 Å². The smallest absolute Gasteiger partial charge is 0.276 e. The number of halogens is 1. The van der Waals surface area contributed by atoms with Gasteiger partial charge in [0.05, 0.1) is 21.1 Å². The van der Waals surface area contributed by atoms with Gasteiger partial charge in [-0.2, -0.15) is 0 Å². The zero-order valence-corrected chi connectivity index (χ0v) is 12.0. The predicted octanol–water partition coefficient (Wildman–Crippen LogP) is 3.29. The van der Waals surface area contributed by atoms with Crippen LogP contribution in [0.15, 0.2) is 48.5 Å². The van der Waals surface area contributed by atoms with Gasteiger partial charge in [0.15, 0.2) is 0 Å². The predicted molar refractivity (Wildman–Crippen MR) is 83.8 cm³/mol. The van der Waals surface area contributed by atoms with Crippen molar-refractivity contribution >= 4 is 29.0 Å². The molecule has 1 N–H and O–H groups in total. The Balaban J connectivity index is 2.19. The molecule has 1 amide bonds. The van der Waals surface area contributed by atoms with Crippen LogP contribution in [0.25, 0.3) is 6.08 Å². The van der Waals surface area contributed by atoms with Crippen LogP contribution in [0.4, 0.5) is 21.5 Å². The summed E-state index contributed by atoms with van der Waals surface area (Å²) in [7, 11) is 0. The van der Waals surface area contributed by atoms with Crippen molar-refractivity contribution in [2.45, 2.75) is 0 Å². The van der Waals surface area contributed by atoms with Gasteiger partial charge in [0.25, 0.3) is 11.4 Å². The maximum absolute atomic E-state index is 13.6. The summed E-state index contributed by atoms with van der Waals surface area (Å²) in [6.07, 6.45) is 2.17. The topological polar surface area (TPSA) is 115 Å². The monoisotopic (exact) mass is 331 g/mol. The van der Waals surface area contributed by atoms with Crippen molar-refractivity contribution in [3.05, 3.63) is 80.1 Å². The molecule has 9 heteroatoms. The Labute approximate surface area is 134 Å². The van der Waals surface area contributed by atoms with Gasteiger partial charge >= 0.3 is 0 Å². The minimum Gasteiger partial charge on any atom is -0.320 e. The first-order valence-corrected chi connectivity index (χ1v) is 6.55. The number of benzene rings is 2. The van der Waals surface area contributed by atoms with Gasteiger partial charge in [-0.15, -0.1) is 0 Å². The van der Waals surface area contributed by atoms with E-state index < -0.39 is 21.6 Å². The number of nitro benzene ring substituents is 2. The number of amides is 1. The zero-order valence-electron chi connectivity index (χ0n) is 12.0. The van der Waals surface area contributed by atoms with Crippen LogP contribution in [0.5, 0.6) is 0 Å². The lowest BCUT2D eigenvalue weighted by Gasteiger charge is -2.03. The molecule has 0 atom stereocenters. The van der Waals surface area contributed by atoms with E-state index in [-0.39, 0.29) is 22.6 Å². The van der Waals surface area contributed by atoms with Crippen molar-refractivity contribution in [1.82, 2.24) is 0 Å². The van der Waals surface area contributed by atoms with E-state index in [0.717, 1.165) is 24.3 Å². The highest BCUT2D eigenvalue weighted by Crippen LogP contribution is 2.22. The van der Waals surface area contributed by atoms with E-state index in [0.29, 0.717) is 0 Å². The van der Waals surface area contributed by atoms with Crippen molar-refractivity contribution in [2.24, 2.45) is 0 Å². The second-order valence-electron chi connectivity index (χ2n) is 4.56. The molecule has 0 aromatic heterocycles. The van der Waals surface area contributed by atoms with Crippen LogP contribution in [0.1, 0.15) is 5.56 Å². The standard InChI is InChI=1S/C15H10FN3O5/c16-12-7-6-11(18(21)22)9-13(12)17-15(20)8-5-10-3-1-2-4-14(10)19(23)24/h1-9H,(H,17,20)/b8-5+. The normalized spacial score (nSPS) is 10.5. The summed E-state index contributed by atoms with van der Waals surface area (Å²) in [6.45, 7) is 0. The highest BCUT2D eigenvalue weighted by atomic mass is 19.1. The Bertz CT molecular complexity index is 851. The molecule has 0 aliphatic carbocycles. The van der Waals surface area contributed by atoms with Gasteiger partial charge < -0.3 is 5.32 Å². The Morgan fingerprint density at radius 3 is 2.46 bits per heavy atom. The third kappa shape index (κ3) is 3.97. The number of rotatable bonds is 5. The Morgan fingerprint density at radius 2 is 1.79 bits per heavy atom. The Morgan fingerprint density at radius 1 is 1.08 bits per heavy atom. The first kappa shape index (κ1) is 16.7. The first-order valence-electron chi connectivity index (χ1n) is 6.55. The van der Waals surface area contributed by atoms with E-state index in [4.69, 9.17) is 0 Å². The van der Waals surface area contributed by atoms with E-state index in [1.807, 2.05) is 0 Å². The molecule has 122 valence electrons. The molecule has 8 nitrogen and oxygen atoms in total. The molecule has 0 unspecified atom stereocenters. The number of carbonyl (C=O) groups is 1. The van der Waals surface area contributed by atoms with Gasteiger partial charge in [0.1, 0.15) is 5.82 Å². The summed E-state index contributed by atoms with van der Waals surface area (Å²) in [4.78, 5) is 32.0. The summed E-state index contributed by atoms with van der Waals surface area (Å²) in [6, 6.07) is 8.46. The summed E-state index contributed by atoms with van der Waals surface area (Å²) in [5.41, 5.74) is -0.740. The first-order chi connectivity index (χ1) is 11.4. The van der Waals surface area contributed by atoms with Crippen molar-refractivity contribution in [3.63, 3.8) is 0 Å². The third-order valence-electron chi connectivity index (χ3n) is 2.97. The molecule has 0 aliphatic heterocycles. The average molecular weight is 331 g/mol. The van der Waals surface area contributed by atoms with Gasteiger partial charge in [0.2, 0.25) is 5.91 Å². The summed E-state index contributed by atoms with van der Waals surface area (Å²) in [5.74, 6) is -1.62. The molecule has 24 heavy (non-hydrogen) atoms. The second kappa shape index (κ2) is 7.09. The quantitative estimate of drug-likeness (QED) is 0.513. The van der Waals surface area contributed by atoms with E-state index in [9.17, 15) is 29.4 Å². The zero-order chi connectivity index (χ0) is 17.7. The van der Waals surface area contributed by atoms with Gasteiger partial charge in [-0.25, -0.2) is 4.39 Å². The molecule has 0 heterocycles. The molecular weight excluding hydrogens is 321 g/mol. The highest BCUT2D eigenvalue weighted by molar-refractivity contribution is 6.02. The summed E-state index contributed by atoms with van der Waals surface area (Å²) < 4.78 is 13.6. The maximum atomic E-state index is 13.6. The van der Waals surface area contributed by atoms with Crippen LogP contribution in [0.3, 0.4) is 0 Å². The molecule has 0 bridgehead atoms. The van der Waals surface area contributed by atoms with Crippen LogP contribution in [0, 0.1) is 26.0 Å². The molecular formula is C15H10FN3O5. The lowest BCUT2D eigenvalue weighted by molar-refractivity contribution is -0.385. The molecule has 0 saturated carbocycles. The van der Waals surface area contributed by atoms with Crippen molar-refractivity contribution in [3.8, 4) is 0 Å². The minimum atomic E-state index is -0.840. The average Bonchev–Trinajstić information content (AvgIpc) is 2.55. The van der Waals surface area contributed by atoms with Gasteiger partial charge in [-0.3, -0.25) is 25.0 Å². The van der Waals surface area contributed by atoms with Crippen LogP contribution < -0.4 is 5.32 Å². The molecule has 0 fully saturated rings. The third-order valence-corrected chi connectivity index (χ3v) is 2.97. The van der Waals surface area contributed by atoms with E-state index in [1.54, 1.807) is 6.07 Å². The second-order valence-corrected chi connectivity index (χ2v) is 4.56. The Hall–Kier alpha value is -3.62. The molecule has 2 aromatic carbocycles. The highest BCUT2D eigenvalue weighted by Gasteiger charge is 2.13. The molecule has 0 spiro atoms. The number of hydrogen-bond acceptors (Lipinski definition) is 5. The maximum Gasteiger partial charge on any atom is 0.276 e. The van der Waals surface area contributed by atoms with Crippen molar-refractivity contribution in [1.29, 1.82) is 0 Å². The van der Waals surface area contributed by atoms with Gasteiger partial charge in [-0.1, -0.05) is 12.1 Å². The fourth-order valence-electron chi connectivity index (χ4n) is 1.86. The fourth-order valence-corrected chi connectivity index (χ4v) is 1.86. The SMILES string of the molecule is O=C(/C=C/c1ccccc1[N+](=O)[O-])Nc1cc([N+](=O)[O-])ccc1F. The number of carbonyl (C=O) groups excluding carboxylic acids is 1. The molecule has 2 rings (SSSR count). The number of nitrogens with one attached hydrogen (secondary N) is 1. The molecule has 0 aliphatic rings. The Kier molecular flexibility index (Phi) is 4.95. The largest absolute Gasteiger partial charge is 0.320 e. The number of nitrogens with zero attached hydrogens (tertiary/aromatic N) is 2. The van der Waals surface area contributed by atoms with Gasteiger partial charge in [0, 0.05) is 24.3 Å². The minimum absolute atomic E-state index is 0.192. The van der Waals surface area contributed by atoms with Crippen molar-refractivity contribution in [2.75, 3.05) is 5.32 Å². The lowest BCUT2D eigenvalue weighted by Crippen LogP contribution is -2.09.